The molecule has 0 aliphatic rings. The van der Waals surface area contributed by atoms with Crippen molar-refractivity contribution in [3.05, 3.63) is 66.1 Å². The van der Waals surface area contributed by atoms with E-state index in [0.29, 0.717) is 6.54 Å². The monoisotopic (exact) mass is 255 g/mol. The topological polar surface area (TPSA) is 43.8 Å². The number of rotatable bonds is 3. The molecule has 1 atom stereocenters. The Morgan fingerprint density at radius 2 is 2.00 bits per heavy atom. The van der Waals surface area contributed by atoms with Crippen LogP contribution in [0.25, 0.3) is 10.9 Å². The number of halogens is 1. The summed E-state index contributed by atoms with van der Waals surface area (Å²) >= 11 is 0. The summed E-state index contributed by atoms with van der Waals surface area (Å²) in [5.41, 5.74) is 7.93. The molecule has 0 spiro atoms. The zero-order chi connectivity index (χ0) is 13.2. The zero-order valence-electron chi connectivity index (χ0n) is 10.3. The highest BCUT2D eigenvalue weighted by Crippen LogP contribution is 2.18. The first-order chi connectivity index (χ1) is 9.24. The third-order valence-electron chi connectivity index (χ3n) is 3.20. The van der Waals surface area contributed by atoms with Gasteiger partial charge in [0.05, 0.1) is 18.3 Å². The summed E-state index contributed by atoms with van der Waals surface area (Å²) in [4.78, 5) is 0. The number of benzene rings is 2. The van der Waals surface area contributed by atoms with Crippen molar-refractivity contribution in [2.24, 2.45) is 5.73 Å². The second-order valence-corrected chi connectivity index (χ2v) is 4.55. The van der Waals surface area contributed by atoms with Crippen molar-refractivity contribution in [2.75, 3.05) is 0 Å². The third kappa shape index (κ3) is 2.35. The van der Waals surface area contributed by atoms with E-state index in [1.807, 2.05) is 41.2 Å². The van der Waals surface area contributed by atoms with Crippen molar-refractivity contribution in [1.29, 1.82) is 0 Å². The van der Waals surface area contributed by atoms with Crippen LogP contribution >= 0.6 is 0 Å². The van der Waals surface area contributed by atoms with Gasteiger partial charge in [-0.2, -0.15) is 5.10 Å². The molecule has 1 unspecified atom stereocenters. The van der Waals surface area contributed by atoms with Crippen LogP contribution in [0, 0.1) is 5.82 Å². The molecule has 2 aromatic carbocycles. The molecule has 1 heterocycles. The van der Waals surface area contributed by atoms with Gasteiger partial charge in [-0.05, 0) is 23.8 Å². The first-order valence-corrected chi connectivity index (χ1v) is 6.15. The molecule has 0 saturated heterocycles. The Bertz CT molecular complexity index is 705. The Morgan fingerprint density at radius 1 is 1.16 bits per heavy atom. The van der Waals surface area contributed by atoms with Crippen LogP contribution in [0.5, 0.6) is 0 Å². The maximum Gasteiger partial charge on any atom is 0.123 e. The molecule has 0 radical (unpaired) electrons. The summed E-state index contributed by atoms with van der Waals surface area (Å²) in [7, 11) is 0. The summed E-state index contributed by atoms with van der Waals surface area (Å²) in [6, 6.07) is 14.1. The molecule has 0 aliphatic heterocycles. The van der Waals surface area contributed by atoms with Gasteiger partial charge in [0, 0.05) is 11.4 Å². The first kappa shape index (κ1) is 11.9. The predicted molar refractivity (Wildman–Crippen MR) is 73.1 cm³/mol. The Hall–Kier alpha value is -2.20. The summed E-state index contributed by atoms with van der Waals surface area (Å²) in [6.07, 6.45) is 1.81. The van der Waals surface area contributed by atoms with E-state index in [4.69, 9.17) is 5.73 Å². The highest BCUT2D eigenvalue weighted by Gasteiger charge is 2.10. The normalized spacial score (nSPS) is 12.7. The molecular formula is C15H14FN3. The van der Waals surface area contributed by atoms with E-state index in [1.165, 1.54) is 12.1 Å². The van der Waals surface area contributed by atoms with Crippen molar-refractivity contribution in [1.82, 2.24) is 9.78 Å². The second kappa shape index (κ2) is 4.82. The smallest absolute Gasteiger partial charge is 0.123 e. The number of hydrogen-bond acceptors (Lipinski definition) is 2. The lowest BCUT2D eigenvalue weighted by Crippen LogP contribution is -2.18. The van der Waals surface area contributed by atoms with E-state index < -0.39 is 0 Å². The SMILES string of the molecule is NC(Cn1ncc2ccccc21)c1cccc(F)c1. The maximum atomic E-state index is 13.2. The summed E-state index contributed by atoms with van der Waals surface area (Å²) in [6.45, 7) is 0.525. The molecule has 3 aromatic rings. The van der Waals surface area contributed by atoms with Gasteiger partial charge in [-0.25, -0.2) is 4.39 Å². The molecule has 3 nitrogen and oxygen atoms in total. The lowest BCUT2D eigenvalue weighted by atomic mass is 10.1. The highest BCUT2D eigenvalue weighted by atomic mass is 19.1. The number of hydrogen-bond donors (Lipinski definition) is 1. The van der Waals surface area contributed by atoms with E-state index in [0.717, 1.165) is 16.5 Å². The third-order valence-corrected chi connectivity index (χ3v) is 3.20. The van der Waals surface area contributed by atoms with Crippen molar-refractivity contribution in [3.8, 4) is 0 Å². The van der Waals surface area contributed by atoms with Gasteiger partial charge in [-0.15, -0.1) is 0 Å². The van der Waals surface area contributed by atoms with E-state index in [1.54, 1.807) is 6.07 Å². The largest absolute Gasteiger partial charge is 0.322 e. The number of nitrogens with two attached hydrogens (primary N) is 1. The maximum absolute atomic E-state index is 13.2. The molecule has 3 rings (SSSR count). The lowest BCUT2D eigenvalue weighted by Gasteiger charge is -2.13. The Balaban J connectivity index is 1.89. The molecule has 0 amide bonds. The fraction of sp³-hybridized carbons (Fsp3) is 0.133. The molecule has 19 heavy (non-hydrogen) atoms. The number of aromatic nitrogens is 2. The van der Waals surface area contributed by atoms with Crippen molar-refractivity contribution >= 4 is 10.9 Å². The first-order valence-electron chi connectivity index (χ1n) is 6.15. The molecule has 0 fully saturated rings. The van der Waals surface area contributed by atoms with Crippen LogP contribution in [0.2, 0.25) is 0 Å². The minimum absolute atomic E-state index is 0.265. The molecule has 2 N–H and O–H groups in total. The average Bonchev–Trinajstić information content (AvgIpc) is 2.82. The number of fused-ring (bicyclic) bond motifs is 1. The lowest BCUT2D eigenvalue weighted by molar-refractivity contribution is 0.537. The van der Waals surface area contributed by atoms with Crippen molar-refractivity contribution in [2.45, 2.75) is 12.6 Å². The summed E-state index contributed by atoms with van der Waals surface area (Å²) < 4.78 is 15.0. The molecule has 4 heteroatoms. The average molecular weight is 255 g/mol. The van der Waals surface area contributed by atoms with Crippen molar-refractivity contribution in [3.63, 3.8) is 0 Å². The van der Waals surface area contributed by atoms with Crippen LogP contribution in [0.1, 0.15) is 11.6 Å². The van der Waals surface area contributed by atoms with E-state index in [-0.39, 0.29) is 11.9 Å². The second-order valence-electron chi connectivity index (χ2n) is 4.55. The van der Waals surface area contributed by atoms with Gasteiger partial charge >= 0.3 is 0 Å². The Labute approximate surface area is 110 Å². The van der Waals surface area contributed by atoms with Gasteiger partial charge in [0.15, 0.2) is 0 Å². The van der Waals surface area contributed by atoms with E-state index in [9.17, 15) is 4.39 Å². The van der Waals surface area contributed by atoms with Crippen molar-refractivity contribution < 1.29 is 4.39 Å². The van der Waals surface area contributed by atoms with Crippen LogP contribution in [-0.4, -0.2) is 9.78 Å². The van der Waals surface area contributed by atoms with Crippen LogP contribution in [0.15, 0.2) is 54.7 Å². The Morgan fingerprint density at radius 3 is 2.84 bits per heavy atom. The van der Waals surface area contributed by atoms with Gasteiger partial charge in [-0.3, -0.25) is 4.68 Å². The van der Waals surface area contributed by atoms with Crippen LogP contribution in [-0.2, 0) is 6.54 Å². The standard InChI is InChI=1S/C15H14FN3/c16-13-6-3-5-11(8-13)14(17)10-19-15-7-2-1-4-12(15)9-18-19/h1-9,14H,10,17H2. The van der Waals surface area contributed by atoms with Gasteiger partial charge in [0.1, 0.15) is 5.82 Å². The minimum atomic E-state index is -0.279. The molecule has 0 aliphatic carbocycles. The summed E-state index contributed by atoms with van der Waals surface area (Å²) in [5, 5.41) is 5.40. The van der Waals surface area contributed by atoms with Crippen LogP contribution in [0.3, 0.4) is 0 Å². The van der Waals surface area contributed by atoms with Crippen LogP contribution in [0.4, 0.5) is 4.39 Å². The quantitative estimate of drug-likeness (QED) is 0.782. The van der Waals surface area contributed by atoms with Gasteiger partial charge < -0.3 is 5.73 Å². The van der Waals surface area contributed by atoms with E-state index in [2.05, 4.69) is 5.10 Å². The van der Waals surface area contributed by atoms with Gasteiger partial charge in [0.25, 0.3) is 0 Å². The zero-order valence-corrected chi connectivity index (χ0v) is 10.3. The number of para-hydroxylation sites is 1. The van der Waals surface area contributed by atoms with Gasteiger partial charge in [-0.1, -0.05) is 30.3 Å². The summed E-state index contributed by atoms with van der Waals surface area (Å²) in [5.74, 6) is -0.265. The van der Waals surface area contributed by atoms with E-state index >= 15 is 0 Å². The predicted octanol–water partition coefficient (Wildman–Crippen LogP) is 2.88. The fourth-order valence-electron chi connectivity index (χ4n) is 2.20. The fourth-order valence-corrected chi connectivity index (χ4v) is 2.20. The molecular weight excluding hydrogens is 241 g/mol. The molecule has 0 saturated carbocycles. The van der Waals surface area contributed by atoms with Crippen LogP contribution < -0.4 is 5.73 Å². The van der Waals surface area contributed by atoms with Gasteiger partial charge in [0.2, 0.25) is 0 Å². The molecule has 96 valence electrons. The minimum Gasteiger partial charge on any atom is -0.322 e. The molecule has 0 bridgehead atoms. The number of nitrogens with zero attached hydrogens (tertiary/aromatic N) is 2. The Kier molecular flexibility index (Phi) is 3.01. The highest BCUT2D eigenvalue weighted by molar-refractivity contribution is 5.78. The molecule has 1 aromatic heterocycles.